The lowest BCUT2D eigenvalue weighted by Gasteiger charge is -2.17. The third-order valence-corrected chi connectivity index (χ3v) is 5.89. The van der Waals surface area contributed by atoms with Crippen molar-refractivity contribution in [3.8, 4) is 0 Å². The summed E-state index contributed by atoms with van der Waals surface area (Å²) in [7, 11) is -3.40. The average molecular weight is 356 g/mol. The molecule has 0 unspecified atom stereocenters. The zero-order valence-electron chi connectivity index (χ0n) is 9.97. The molecule has 1 fully saturated rings. The van der Waals surface area contributed by atoms with Crippen LogP contribution in [-0.2, 0) is 10.0 Å². The predicted octanol–water partition coefficient (Wildman–Crippen LogP) is 1.90. The van der Waals surface area contributed by atoms with Crippen molar-refractivity contribution in [1.82, 2.24) is 4.31 Å². The van der Waals surface area contributed by atoms with Crippen molar-refractivity contribution in [2.24, 2.45) is 5.73 Å². The Labute approximate surface area is 122 Å². The maximum atomic E-state index is 12.4. The van der Waals surface area contributed by atoms with Gasteiger partial charge in [-0.2, -0.15) is 4.31 Å². The highest BCUT2D eigenvalue weighted by Crippen LogP contribution is 2.27. The Hall–Kier alpha value is -0.140. The van der Waals surface area contributed by atoms with E-state index in [4.69, 9.17) is 5.73 Å². The summed E-state index contributed by atoms with van der Waals surface area (Å²) in [4.78, 5) is 0.362. The SMILES string of the molecule is Cc1c(Br)cccc1S(=O)(=O)N1CC[C@@H](N)C1.Cl. The van der Waals surface area contributed by atoms with Gasteiger partial charge in [0.05, 0.1) is 4.90 Å². The summed E-state index contributed by atoms with van der Waals surface area (Å²) in [5.41, 5.74) is 6.50. The zero-order valence-corrected chi connectivity index (χ0v) is 13.2. The van der Waals surface area contributed by atoms with E-state index in [0.717, 1.165) is 16.5 Å². The third kappa shape index (κ3) is 2.88. The van der Waals surface area contributed by atoms with E-state index in [1.165, 1.54) is 4.31 Å². The van der Waals surface area contributed by atoms with Crippen molar-refractivity contribution in [3.05, 3.63) is 28.2 Å². The van der Waals surface area contributed by atoms with Gasteiger partial charge in [-0.3, -0.25) is 0 Å². The summed E-state index contributed by atoms with van der Waals surface area (Å²) in [6.07, 6.45) is 0.728. The van der Waals surface area contributed by atoms with E-state index in [0.29, 0.717) is 18.0 Å². The van der Waals surface area contributed by atoms with Gasteiger partial charge in [0.2, 0.25) is 10.0 Å². The molecular weight excluding hydrogens is 340 g/mol. The fourth-order valence-electron chi connectivity index (χ4n) is 1.98. The number of rotatable bonds is 2. The van der Waals surface area contributed by atoms with E-state index in [2.05, 4.69) is 15.9 Å². The minimum Gasteiger partial charge on any atom is -0.326 e. The van der Waals surface area contributed by atoms with Crippen LogP contribution < -0.4 is 5.73 Å². The van der Waals surface area contributed by atoms with Crippen molar-refractivity contribution in [2.45, 2.75) is 24.3 Å². The Morgan fingerprint density at radius 2 is 2.11 bits per heavy atom. The first-order chi connectivity index (χ1) is 7.93. The topological polar surface area (TPSA) is 63.4 Å². The van der Waals surface area contributed by atoms with Crippen LogP contribution in [0.3, 0.4) is 0 Å². The van der Waals surface area contributed by atoms with Crippen LogP contribution in [0.1, 0.15) is 12.0 Å². The molecule has 1 atom stereocenters. The van der Waals surface area contributed by atoms with Crippen LogP contribution in [0, 0.1) is 6.92 Å². The van der Waals surface area contributed by atoms with Gasteiger partial charge in [-0.15, -0.1) is 12.4 Å². The van der Waals surface area contributed by atoms with Crippen LogP contribution in [-0.4, -0.2) is 31.9 Å². The number of nitrogens with zero attached hydrogens (tertiary/aromatic N) is 1. The van der Waals surface area contributed by atoms with Crippen molar-refractivity contribution in [3.63, 3.8) is 0 Å². The van der Waals surface area contributed by atoms with E-state index >= 15 is 0 Å². The van der Waals surface area contributed by atoms with Gasteiger partial charge in [0.1, 0.15) is 0 Å². The second kappa shape index (κ2) is 5.88. The maximum absolute atomic E-state index is 12.4. The second-order valence-electron chi connectivity index (χ2n) is 4.27. The molecule has 102 valence electrons. The summed E-state index contributed by atoms with van der Waals surface area (Å²) < 4.78 is 27.1. The molecule has 0 aromatic heterocycles. The number of sulfonamides is 1. The Balaban J connectivity index is 0.00000162. The summed E-state index contributed by atoms with van der Waals surface area (Å²) in [6.45, 7) is 2.72. The molecule has 0 saturated carbocycles. The molecule has 0 radical (unpaired) electrons. The molecule has 4 nitrogen and oxygen atoms in total. The van der Waals surface area contributed by atoms with Crippen LogP contribution in [0.4, 0.5) is 0 Å². The Kier molecular flexibility index (Phi) is 5.20. The lowest BCUT2D eigenvalue weighted by atomic mass is 10.2. The van der Waals surface area contributed by atoms with Crippen molar-refractivity contribution < 1.29 is 8.42 Å². The van der Waals surface area contributed by atoms with Gasteiger partial charge < -0.3 is 5.73 Å². The molecule has 1 saturated heterocycles. The van der Waals surface area contributed by atoms with Crippen molar-refractivity contribution in [2.75, 3.05) is 13.1 Å². The highest BCUT2D eigenvalue weighted by atomic mass is 79.9. The summed E-state index contributed by atoms with van der Waals surface area (Å²) in [5, 5.41) is 0. The van der Waals surface area contributed by atoms with Gasteiger partial charge in [0.25, 0.3) is 0 Å². The summed E-state index contributed by atoms with van der Waals surface area (Å²) in [6, 6.07) is 5.17. The summed E-state index contributed by atoms with van der Waals surface area (Å²) in [5.74, 6) is 0. The molecule has 0 amide bonds. The normalized spacial score (nSPS) is 20.7. The van der Waals surface area contributed by atoms with Gasteiger partial charge >= 0.3 is 0 Å². The molecular formula is C11H16BrClN2O2S. The molecule has 1 aliphatic rings. The fraction of sp³-hybridized carbons (Fsp3) is 0.455. The van der Waals surface area contributed by atoms with Crippen molar-refractivity contribution >= 4 is 38.4 Å². The average Bonchev–Trinajstić information content (AvgIpc) is 2.69. The summed E-state index contributed by atoms with van der Waals surface area (Å²) >= 11 is 3.35. The number of halogens is 2. The van der Waals surface area contributed by atoms with Crippen molar-refractivity contribution in [1.29, 1.82) is 0 Å². The molecule has 18 heavy (non-hydrogen) atoms. The van der Waals surface area contributed by atoms with E-state index < -0.39 is 10.0 Å². The van der Waals surface area contributed by atoms with Gasteiger partial charge in [-0.25, -0.2) is 8.42 Å². The van der Waals surface area contributed by atoms with Crippen LogP contribution in [0.25, 0.3) is 0 Å². The highest BCUT2D eigenvalue weighted by molar-refractivity contribution is 9.10. The standard InChI is InChI=1S/C11H15BrN2O2S.ClH/c1-8-10(12)3-2-4-11(8)17(15,16)14-6-5-9(13)7-14;/h2-4,9H,5-7,13H2,1H3;1H/t9-;/m1./s1. The first-order valence-corrected chi connectivity index (χ1v) is 7.67. The largest absolute Gasteiger partial charge is 0.326 e. The van der Waals surface area contributed by atoms with E-state index in [9.17, 15) is 8.42 Å². The third-order valence-electron chi connectivity index (χ3n) is 3.02. The minimum absolute atomic E-state index is 0. The number of benzene rings is 1. The van der Waals surface area contributed by atoms with Gasteiger partial charge in [-0.1, -0.05) is 22.0 Å². The molecule has 2 N–H and O–H groups in total. The molecule has 0 spiro atoms. The quantitative estimate of drug-likeness (QED) is 0.881. The van der Waals surface area contributed by atoms with Gasteiger partial charge in [0, 0.05) is 23.6 Å². The molecule has 1 aliphatic heterocycles. The molecule has 1 aromatic carbocycles. The van der Waals surface area contributed by atoms with E-state index in [-0.39, 0.29) is 18.4 Å². The number of hydrogen-bond donors (Lipinski definition) is 1. The monoisotopic (exact) mass is 354 g/mol. The smallest absolute Gasteiger partial charge is 0.243 e. The molecule has 0 bridgehead atoms. The highest BCUT2D eigenvalue weighted by Gasteiger charge is 2.31. The first-order valence-electron chi connectivity index (χ1n) is 5.44. The van der Waals surface area contributed by atoms with Gasteiger partial charge in [0.15, 0.2) is 0 Å². The lowest BCUT2D eigenvalue weighted by molar-refractivity contribution is 0.472. The van der Waals surface area contributed by atoms with E-state index in [1.807, 2.05) is 6.07 Å². The molecule has 1 heterocycles. The Bertz CT molecular complexity index is 536. The number of hydrogen-bond acceptors (Lipinski definition) is 3. The predicted molar refractivity (Wildman–Crippen MR) is 77.5 cm³/mol. The Morgan fingerprint density at radius 3 is 2.67 bits per heavy atom. The van der Waals surface area contributed by atoms with Gasteiger partial charge in [-0.05, 0) is 31.0 Å². The van der Waals surface area contributed by atoms with Crippen LogP contribution >= 0.6 is 28.3 Å². The van der Waals surface area contributed by atoms with E-state index in [1.54, 1.807) is 19.1 Å². The van der Waals surface area contributed by atoms with Crippen LogP contribution in [0.5, 0.6) is 0 Å². The first kappa shape index (κ1) is 15.9. The lowest BCUT2D eigenvalue weighted by Crippen LogP contribution is -2.32. The fourth-order valence-corrected chi connectivity index (χ4v) is 4.23. The second-order valence-corrected chi connectivity index (χ2v) is 7.04. The molecule has 2 rings (SSSR count). The molecule has 0 aliphatic carbocycles. The molecule has 1 aromatic rings. The maximum Gasteiger partial charge on any atom is 0.243 e. The number of nitrogens with two attached hydrogens (primary N) is 1. The zero-order chi connectivity index (χ0) is 12.6. The molecule has 7 heteroatoms. The van der Waals surface area contributed by atoms with Crippen LogP contribution in [0.2, 0.25) is 0 Å². The van der Waals surface area contributed by atoms with Crippen LogP contribution in [0.15, 0.2) is 27.6 Å². The Morgan fingerprint density at radius 1 is 1.44 bits per heavy atom. The minimum atomic E-state index is -3.40.